The van der Waals surface area contributed by atoms with Crippen molar-refractivity contribution in [2.24, 2.45) is 0 Å². The third kappa shape index (κ3) is 3.24. The molecule has 0 saturated carbocycles. The molecule has 2 heteroatoms. The Morgan fingerprint density at radius 1 is 0.900 bits per heavy atom. The normalized spacial score (nSPS) is 12.3. The average Bonchev–Trinajstić information content (AvgIpc) is 2.38. The largest absolute Gasteiger partial charge is 0.378 e. The second-order valence-corrected chi connectivity index (χ2v) is 6.44. The first-order valence-electron chi connectivity index (χ1n) is 6.99. The molecule has 0 heterocycles. The third-order valence-corrected chi connectivity index (χ3v) is 4.97. The zero-order valence-corrected chi connectivity index (χ0v) is 14.4. The van der Waals surface area contributed by atoms with Gasteiger partial charge in [-0.15, -0.1) is 0 Å². The van der Waals surface area contributed by atoms with E-state index in [1.165, 1.54) is 38.0 Å². The van der Waals surface area contributed by atoms with E-state index in [1.54, 1.807) is 0 Å². The van der Waals surface area contributed by atoms with Crippen LogP contribution in [-0.2, 0) is 0 Å². The molecule has 1 nitrogen and oxygen atoms in total. The van der Waals surface area contributed by atoms with Gasteiger partial charge in [-0.1, -0.05) is 39.7 Å². The number of aryl methyl sites for hydroxylation is 4. The van der Waals surface area contributed by atoms with Crippen molar-refractivity contribution >= 4 is 21.6 Å². The van der Waals surface area contributed by atoms with Crippen molar-refractivity contribution in [3.63, 3.8) is 0 Å². The molecule has 2 aromatic rings. The predicted octanol–water partition coefficient (Wildman–Crippen LogP) is 5.86. The van der Waals surface area contributed by atoms with Crippen molar-refractivity contribution in [1.29, 1.82) is 0 Å². The molecule has 0 bridgehead atoms. The highest BCUT2D eigenvalue weighted by atomic mass is 79.9. The molecule has 0 aliphatic rings. The molecule has 0 radical (unpaired) electrons. The first-order valence-corrected chi connectivity index (χ1v) is 7.78. The van der Waals surface area contributed by atoms with Crippen LogP contribution in [0.5, 0.6) is 0 Å². The van der Waals surface area contributed by atoms with E-state index >= 15 is 0 Å². The van der Waals surface area contributed by atoms with Gasteiger partial charge in [-0.25, -0.2) is 0 Å². The average molecular weight is 332 g/mol. The van der Waals surface area contributed by atoms with Crippen LogP contribution in [0.15, 0.2) is 34.8 Å². The van der Waals surface area contributed by atoms with Gasteiger partial charge in [0, 0.05) is 16.2 Å². The fourth-order valence-electron chi connectivity index (χ4n) is 2.58. The smallest absolute Gasteiger partial charge is 0.0488 e. The molecule has 0 spiro atoms. The summed E-state index contributed by atoms with van der Waals surface area (Å²) in [6.07, 6.45) is 0. The van der Waals surface area contributed by atoms with Gasteiger partial charge in [0.1, 0.15) is 0 Å². The lowest BCUT2D eigenvalue weighted by atomic mass is 9.99. The number of hydrogen-bond acceptors (Lipinski definition) is 1. The quantitative estimate of drug-likeness (QED) is 0.743. The van der Waals surface area contributed by atoms with Crippen LogP contribution in [0.4, 0.5) is 5.69 Å². The minimum Gasteiger partial charge on any atom is -0.378 e. The minimum atomic E-state index is 0.301. The van der Waals surface area contributed by atoms with Crippen LogP contribution < -0.4 is 5.32 Å². The Labute approximate surface area is 130 Å². The number of halogens is 1. The van der Waals surface area contributed by atoms with Crippen molar-refractivity contribution in [2.45, 2.75) is 40.7 Å². The van der Waals surface area contributed by atoms with E-state index in [4.69, 9.17) is 0 Å². The predicted molar refractivity (Wildman–Crippen MR) is 91.6 cm³/mol. The second-order valence-electron chi connectivity index (χ2n) is 5.65. The number of nitrogens with one attached hydrogen (secondary N) is 1. The Kier molecular flexibility index (Phi) is 4.54. The molecule has 0 aromatic heterocycles. The summed E-state index contributed by atoms with van der Waals surface area (Å²) in [5, 5.41) is 3.61. The van der Waals surface area contributed by atoms with Gasteiger partial charge in [0.05, 0.1) is 0 Å². The van der Waals surface area contributed by atoms with Crippen molar-refractivity contribution in [1.82, 2.24) is 0 Å². The van der Waals surface area contributed by atoms with Gasteiger partial charge < -0.3 is 5.32 Å². The zero-order valence-electron chi connectivity index (χ0n) is 12.8. The van der Waals surface area contributed by atoms with E-state index in [0.717, 1.165) is 0 Å². The Morgan fingerprint density at radius 2 is 1.50 bits per heavy atom. The van der Waals surface area contributed by atoms with Gasteiger partial charge in [-0.05, 0) is 69.0 Å². The highest BCUT2D eigenvalue weighted by molar-refractivity contribution is 9.10. The minimum absolute atomic E-state index is 0.301. The molecule has 20 heavy (non-hydrogen) atoms. The Bertz CT molecular complexity index is 608. The standard InChI is InChI=1S/C18H22BrN/c1-11-6-7-12(2)17(8-11)15(5)20-16-9-13(3)18(19)14(4)10-16/h6-10,15,20H,1-5H3. The molecule has 0 fully saturated rings. The van der Waals surface area contributed by atoms with Gasteiger partial charge in [-0.3, -0.25) is 0 Å². The molecule has 1 N–H and O–H groups in total. The number of hydrogen-bond donors (Lipinski definition) is 1. The maximum atomic E-state index is 3.62. The lowest BCUT2D eigenvalue weighted by Gasteiger charge is -2.19. The van der Waals surface area contributed by atoms with Gasteiger partial charge in [-0.2, -0.15) is 0 Å². The summed E-state index contributed by atoms with van der Waals surface area (Å²) < 4.78 is 1.20. The molecule has 2 aromatic carbocycles. The third-order valence-electron chi connectivity index (χ3n) is 3.72. The summed E-state index contributed by atoms with van der Waals surface area (Å²) in [6.45, 7) is 10.8. The first kappa shape index (κ1) is 15.1. The molecule has 0 aliphatic carbocycles. The molecule has 0 saturated heterocycles. The Morgan fingerprint density at radius 3 is 2.10 bits per heavy atom. The SMILES string of the molecule is Cc1ccc(C)c(C(C)Nc2cc(C)c(Br)c(C)c2)c1. The van der Waals surface area contributed by atoms with Crippen LogP contribution in [0, 0.1) is 27.7 Å². The first-order chi connectivity index (χ1) is 9.38. The van der Waals surface area contributed by atoms with Gasteiger partial charge in [0.2, 0.25) is 0 Å². The Hall–Kier alpha value is -1.28. The van der Waals surface area contributed by atoms with E-state index in [1.807, 2.05) is 0 Å². The zero-order chi connectivity index (χ0) is 14.9. The van der Waals surface area contributed by atoms with Gasteiger partial charge in [0.25, 0.3) is 0 Å². The fourth-order valence-corrected chi connectivity index (χ4v) is 2.81. The molecule has 1 unspecified atom stereocenters. The Balaban J connectivity index is 2.27. The van der Waals surface area contributed by atoms with Crippen LogP contribution in [0.1, 0.15) is 40.8 Å². The summed E-state index contributed by atoms with van der Waals surface area (Å²) in [5.41, 5.74) is 7.71. The number of rotatable bonds is 3. The highest BCUT2D eigenvalue weighted by Crippen LogP contribution is 2.28. The maximum Gasteiger partial charge on any atom is 0.0488 e. The summed E-state index contributed by atoms with van der Waals surface area (Å²) in [6, 6.07) is 11.3. The van der Waals surface area contributed by atoms with Crippen LogP contribution in [0.2, 0.25) is 0 Å². The van der Waals surface area contributed by atoms with Gasteiger partial charge in [0.15, 0.2) is 0 Å². The lowest BCUT2D eigenvalue weighted by Crippen LogP contribution is -2.09. The second kappa shape index (κ2) is 6.01. The van der Waals surface area contributed by atoms with Crippen LogP contribution >= 0.6 is 15.9 Å². The van der Waals surface area contributed by atoms with Crippen molar-refractivity contribution in [3.8, 4) is 0 Å². The summed E-state index contributed by atoms with van der Waals surface area (Å²) >= 11 is 3.62. The summed E-state index contributed by atoms with van der Waals surface area (Å²) in [4.78, 5) is 0. The number of anilines is 1. The van der Waals surface area contributed by atoms with Crippen molar-refractivity contribution < 1.29 is 0 Å². The molecule has 2 rings (SSSR count). The fraction of sp³-hybridized carbons (Fsp3) is 0.333. The molecular formula is C18H22BrN. The van der Waals surface area contributed by atoms with Crippen LogP contribution in [0.3, 0.4) is 0 Å². The molecule has 0 amide bonds. The monoisotopic (exact) mass is 331 g/mol. The molecular weight excluding hydrogens is 310 g/mol. The van der Waals surface area contributed by atoms with E-state index in [0.29, 0.717) is 6.04 Å². The van der Waals surface area contributed by atoms with Crippen LogP contribution in [-0.4, -0.2) is 0 Å². The van der Waals surface area contributed by atoms with Crippen molar-refractivity contribution in [3.05, 3.63) is 62.6 Å². The molecule has 106 valence electrons. The molecule has 0 aliphatic heterocycles. The van der Waals surface area contributed by atoms with Crippen molar-refractivity contribution in [2.75, 3.05) is 5.32 Å². The number of benzene rings is 2. The molecule has 1 atom stereocenters. The highest BCUT2D eigenvalue weighted by Gasteiger charge is 2.10. The van der Waals surface area contributed by atoms with E-state index in [-0.39, 0.29) is 0 Å². The van der Waals surface area contributed by atoms with E-state index < -0.39 is 0 Å². The van der Waals surface area contributed by atoms with Gasteiger partial charge >= 0.3 is 0 Å². The van der Waals surface area contributed by atoms with E-state index in [9.17, 15) is 0 Å². The summed E-state index contributed by atoms with van der Waals surface area (Å²) in [5.74, 6) is 0. The lowest BCUT2D eigenvalue weighted by molar-refractivity contribution is 0.871. The topological polar surface area (TPSA) is 12.0 Å². The summed E-state index contributed by atoms with van der Waals surface area (Å²) in [7, 11) is 0. The van der Waals surface area contributed by atoms with Crippen LogP contribution in [0.25, 0.3) is 0 Å². The van der Waals surface area contributed by atoms with E-state index in [2.05, 4.69) is 86.2 Å². The maximum absolute atomic E-state index is 3.62.